The quantitative estimate of drug-likeness (QED) is 0.827. The smallest absolute Gasteiger partial charge is 0.261 e. The van der Waals surface area contributed by atoms with E-state index >= 15 is 0 Å². The lowest BCUT2D eigenvalue weighted by Gasteiger charge is -2.12. The topological polar surface area (TPSA) is 64.3 Å². The van der Waals surface area contributed by atoms with Crippen molar-refractivity contribution in [3.8, 4) is 5.75 Å². The minimum atomic E-state index is -0.271. The zero-order chi connectivity index (χ0) is 13.7. The van der Waals surface area contributed by atoms with Gasteiger partial charge in [-0.15, -0.1) is 0 Å². The Morgan fingerprint density at radius 1 is 1.16 bits per heavy atom. The number of nitrogens with two attached hydrogens (primary N) is 1. The Morgan fingerprint density at radius 2 is 1.89 bits per heavy atom. The molecule has 0 bridgehead atoms. The van der Waals surface area contributed by atoms with Crippen LogP contribution >= 0.6 is 0 Å². The molecule has 0 aliphatic carbocycles. The molecule has 3 N–H and O–H groups in total. The number of rotatable bonds is 4. The first-order chi connectivity index (χ1) is 9.22. The number of ether oxygens (including phenoxy) is 1. The van der Waals surface area contributed by atoms with E-state index in [0.717, 1.165) is 5.69 Å². The monoisotopic (exact) mass is 256 g/mol. The van der Waals surface area contributed by atoms with E-state index in [0.29, 0.717) is 23.6 Å². The molecule has 2 aromatic rings. The molecule has 4 heteroatoms. The van der Waals surface area contributed by atoms with Crippen molar-refractivity contribution in [1.82, 2.24) is 0 Å². The van der Waals surface area contributed by atoms with Crippen LogP contribution in [-0.2, 0) is 0 Å². The summed E-state index contributed by atoms with van der Waals surface area (Å²) in [5, 5.41) is 2.80. The van der Waals surface area contributed by atoms with Crippen LogP contribution in [0.25, 0.3) is 0 Å². The number of nitrogen functional groups attached to an aromatic ring is 1. The predicted molar refractivity (Wildman–Crippen MR) is 76.4 cm³/mol. The molecule has 2 aromatic carbocycles. The second-order valence-corrected chi connectivity index (χ2v) is 3.97. The average Bonchev–Trinajstić information content (AvgIpc) is 2.40. The third-order valence-electron chi connectivity index (χ3n) is 2.62. The van der Waals surface area contributed by atoms with Crippen LogP contribution in [0.5, 0.6) is 5.75 Å². The van der Waals surface area contributed by atoms with E-state index in [1.807, 2.05) is 37.3 Å². The summed E-state index contributed by atoms with van der Waals surface area (Å²) in [5.41, 5.74) is 7.36. The zero-order valence-corrected chi connectivity index (χ0v) is 10.7. The molecule has 0 radical (unpaired) electrons. The van der Waals surface area contributed by atoms with Gasteiger partial charge in [0, 0.05) is 11.4 Å². The SMILES string of the molecule is CCOc1cccc(N)c1C(=O)Nc1ccccc1. The van der Waals surface area contributed by atoms with Crippen LogP contribution in [0.1, 0.15) is 17.3 Å². The van der Waals surface area contributed by atoms with Gasteiger partial charge >= 0.3 is 0 Å². The largest absolute Gasteiger partial charge is 0.493 e. The number of hydrogen-bond donors (Lipinski definition) is 2. The molecule has 0 heterocycles. The summed E-state index contributed by atoms with van der Waals surface area (Å²) >= 11 is 0. The summed E-state index contributed by atoms with van der Waals surface area (Å²) in [6.45, 7) is 2.34. The Morgan fingerprint density at radius 3 is 2.58 bits per heavy atom. The highest BCUT2D eigenvalue weighted by Crippen LogP contribution is 2.25. The molecule has 0 unspecified atom stereocenters. The van der Waals surface area contributed by atoms with Crippen molar-refractivity contribution in [2.75, 3.05) is 17.7 Å². The van der Waals surface area contributed by atoms with Crippen LogP contribution in [0.15, 0.2) is 48.5 Å². The average molecular weight is 256 g/mol. The summed E-state index contributed by atoms with van der Waals surface area (Å²) in [7, 11) is 0. The highest BCUT2D eigenvalue weighted by atomic mass is 16.5. The Kier molecular flexibility index (Phi) is 4.03. The first-order valence-electron chi connectivity index (χ1n) is 6.10. The zero-order valence-electron chi connectivity index (χ0n) is 10.7. The second-order valence-electron chi connectivity index (χ2n) is 3.97. The van der Waals surface area contributed by atoms with Crippen LogP contribution in [0.3, 0.4) is 0 Å². The molecule has 2 rings (SSSR count). The standard InChI is InChI=1S/C15H16N2O2/c1-2-19-13-10-6-9-12(16)14(13)15(18)17-11-7-4-3-5-8-11/h3-10H,2,16H2,1H3,(H,17,18). The van der Waals surface area contributed by atoms with E-state index in [1.165, 1.54) is 0 Å². The Hall–Kier alpha value is -2.49. The molecule has 0 atom stereocenters. The van der Waals surface area contributed by atoms with Gasteiger partial charge in [0.25, 0.3) is 5.91 Å². The summed E-state index contributed by atoms with van der Waals surface area (Å²) < 4.78 is 5.44. The van der Waals surface area contributed by atoms with Gasteiger partial charge < -0.3 is 15.8 Å². The van der Waals surface area contributed by atoms with Gasteiger partial charge in [-0.3, -0.25) is 4.79 Å². The molecule has 1 amide bonds. The molecule has 0 saturated heterocycles. The molecular weight excluding hydrogens is 240 g/mol. The van der Waals surface area contributed by atoms with Crippen molar-refractivity contribution in [2.45, 2.75) is 6.92 Å². The molecule has 0 aliphatic heterocycles. The molecule has 4 nitrogen and oxygen atoms in total. The lowest BCUT2D eigenvalue weighted by molar-refractivity contribution is 0.102. The highest BCUT2D eigenvalue weighted by Gasteiger charge is 2.16. The molecule has 0 fully saturated rings. The van der Waals surface area contributed by atoms with Crippen LogP contribution in [0.2, 0.25) is 0 Å². The summed E-state index contributed by atoms with van der Waals surface area (Å²) in [6, 6.07) is 14.4. The number of carbonyl (C=O) groups excluding carboxylic acids is 1. The number of para-hydroxylation sites is 1. The number of amides is 1. The van der Waals surface area contributed by atoms with Gasteiger partial charge in [-0.1, -0.05) is 24.3 Å². The maximum absolute atomic E-state index is 12.3. The fourth-order valence-electron chi connectivity index (χ4n) is 1.78. The van der Waals surface area contributed by atoms with Crippen molar-refractivity contribution >= 4 is 17.3 Å². The molecule has 98 valence electrons. The minimum absolute atomic E-state index is 0.271. The van der Waals surface area contributed by atoms with Crippen molar-refractivity contribution in [3.05, 3.63) is 54.1 Å². The number of carbonyl (C=O) groups is 1. The van der Waals surface area contributed by atoms with Crippen LogP contribution in [0, 0.1) is 0 Å². The van der Waals surface area contributed by atoms with Gasteiger partial charge in [0.15, 0.2) is 0 Å². The van der Waals surface area contributed by atoms with Crippen molar-refractivity contribution < 1.29 is 9.53 Å². The fraction of sp³-hybridized carbons (Fsp3) is 0.133. The Balaban J connectivity index is 2.28. The van der Waals surface area contributed by atoms with Gasteiger partial charge in [0.1, 0.15) is 11.3 Å². The van der Waals surface area contributed by atoms with E-state index in [-0.39, 0.29) is 5.91 Å². The van der Waals surface area contributed by atoms with Crippen molar-refractivity contribution in [3.63, 3.8) is 0 Å². The number of hydrogen-bond acceptors (Lipinski definition) is 3. The normalized spacial score (nSPS) is 9.95. The Bertz CT molecular complexity index is 568. The first-order valence-corrected chi connectivity index (χ1v) is 6.10. The van der Waals surface area contributed by atoms with E-state index < -0.39 is 0 Å². The second kappa shape index (κ2) is 5.91. The van der Waals surface area contributed by atoms with Crippen molar-refractivity contribution in [2.24, 2.45) is 0 Å². The summed E-state index contributed by atoms with van der Waals surface area (Å²) in [5.74, 6) is 0.226. The maximum Gasteiger partial charge on any atom is 0.261 e. The summed E-state index contributed by atoms with van der Waals surface area (Å²) in [4.78, 5) is 12.3. The van der Waals surface area contributed by atoms with E-state index in [1.54, 1.807) is 18.2 Å². The van der Waals surface area contributed by atoms with Crippen molar-refractivity contribution in [1.29, 1.82) is 0 Å². The molecule has 0 spiro atoms. The number of nitrogens with one attached hydrogen (secondary N) is 1. The Labute approximate surface area is 112 Å². The molecule has 0 saturated carbocycles. The number of benzene rings is 2. The van der Waals surface area contributed by atoms with E-state index in [2.05, 4.69) is 5.32 Å². The van der Waals surface area contributed by atoms with E-state index in [4.69, 9.17) is 10.5 Å². The van der Waals surface area contributed by atoms with Gasteiger partial charge in [-0.25, -0.2) is 0 Å². The lowest BCUT2D eigenvalue weighted by Crippen LogP contribution is -2.15. The van der Waals surface area contributed by atoms with Gasteiger partial charge in [-0.05, 0) is 31.2 Å². The molecule has 0 aliphatic rings. The first kappa shape index (κ1) is 13.0. The van der Waals surface area contributed by atoms with Gasteiger partial charge in [0.2, 0.25) is 0 Å². The molecule has 0 aromatic heterocycles. The highest BCUT2D eigenvalue weighted by molar-refractivity contribution is 6.09. The minimum Gasteiger partial charge on any atom is -0.493 e. The molecule has 19 heavy (non-hydrogen) atoms. The summed E-state index contributed by atoms with van der Waals surface area (Å²) in [6.07, 6.45) is 0. The van der Waals surface area contributed by atoms with E-state index in [9.17, 15) is 4.79 Å². The number of anilines is 2. The molecular formula is C15H16N2O2. The maximum atomic E-state index is 12.3. The third kappa shape index (κ3) is 3.04. The predicted octanol–water partition coefficient (Wildman–Crippen LogP) is 2.92. The van der Waals surface area contributed by atoms with Crippen LogP contribution in [0.4, 0.5) is 11.4 Å². The third-order valence-corrected chi connectivity index (χ3v) is 2.62. The van der Waals surface area contributed by atoms with Crippen LogP contribution < -0.4 is 15.8 Å². The lowest BCUT2D eigenvalue weighted by atomic mass is 10.1. The van der Waals surface area contributed by atoms with Gasteiger partial charge in [0.05, 0.1) is 6.61 Å². The fourth-order valence-corrected chi connectivity index (χ4v) is 1.78. The van der Waals surface area contributed by atoms with Gasteiger partial charge in [-0.2, -0.15) is 0 Å². The van der Waals surface area contributed by atoms with Crippen LogP contribution in [-0.4, -0.2) is 12.5 Å².